The number of rotatable bonds is 6. The third-order valence-corrected chi connectivity index (χ3v) is 7.08. The van der Waals surface area contributed by atoms with Crippen LogP contribution in [-0.4, -0.2) is 59.8 Å². The largest absolute Gasteiger partial charge is 0.384 e. The molecule has 34 heavy (non-hydrogen) atoms. The molecule has 5 rings (SSSR count). The highest BCUT2D eigenvalue weighted by molar-refractivity contribution is 5.87. The number of carbonyl (C=O) groups is 1. The predicted octanol–water partition coefficient (Wildman–Crippen LogP) is 4.06. The van der Waals surface area contributed by atoms with Gasteiger partial charge in [-0.15, -0.1) is 0 Å². The fourth-order valence-electron chi connectivity index (χ4n) is 5.04. The molecule has 0 spiro atoms. The average molecular weight is 458 g/mol. The van der Waals surface area contributed by atoms with E-state index in [1.165, 1.54) is 10.9 Å². The number of hydrogen-bond donors (Lipinski definition) is 0. The molecular formula is C27H31N5O2. The summed E-state index contributed by atoms with van der Waals surface area (Å²) >= 11 is 0. The summed E-state index contributed by atoms with van der Waals surface area (Å²) in [6.07, 6.45) is 4.74. The predicted molar refractivity (Wildman–Crippen MR) is 133 cm³/mol. The molecule has 0 radical (unpaired) electrons. The molecule has 1 saturated heterocycles. The van der Waals surface area contributed by atoms with Crippen LogP contribution in [-0.2, 0) is 16.6 Å². The molecule has 7 heteroatoms. The molecule has 2 aliphatic rings. The van der Waals surface area contributed by atoms with E-state index in [1.54, 1.807) is 7.11 Å². The highest BCUT2D eigenvalue weighted by atomic mass is 16.5. The van der Waals surface area contributed by atoms with Crippen LogP contribution in [0.2, 0.25) is 0 Å². The van der Waals surface area contributed by atoms with E-state index in [0.717, 1.165) is 35.5 Å². The summed E-state index contributed by atoms with van der Waals surface area (Å²) in [7, 11) is 3.66. The standard InChI is InChI=1S/C27H31N5O2/c1-18-17-31(11-12-32(18)25(33)9-13-34-3)27-22(16-28)15-23(26(29-27)19-4-5-19)20-6-7-24-21(14-20)8-10-30(24)2/h6-8,10,14-15,18-19H,4-5,9,11-13,17H2,1-3H3. The van der Waals surface area contributed by atoms with E-state index < -0.39 is 0 Å². The monoisotopic (exact) mass is 457 g/mol. The molecule has 176 valence electrons. The zero-order valence-electron chi connectivity index (χ0n) is 20.1. The van der Waals surface area contributed by atoms with Crippen LogP contribution in [0.4, 0.5) is 5.82 Å². The summed E-state index contributed by atoms with van der Waals surface area (Å²) in [6.45, 7) is 4.46. The van der Waals surface area contributed by atoms with Crippen molar-refractivity contribution in [1.82, 2.24) is 14.5 Å². The van der Waals surface area contributed by atoms with Gasteiger partial charge in [0.2, 0.25) is 5.91 Å². The number of anilines is 1. The number of pyridine rings is 1. The van der Waals surface area contributed by atoms with Gasteiger partial charge in [0.25, 0.3) is 0 Å². The lowest BCUT2D eigenvalue weighted by molar-refractivity contribution is -0.134. The second kappa shape index (κ2) is 9.11. The van der Waals surface area contributed by atoms with Gasteiger partial charge in [0.1, 0.15) is 11.9 Å². The highest BCUT2D eigenvalue weighted by Gasteiger charge is 2.33. The lowest BCUT2D eigenvalue weighted by Crippen LogP contribution is -2.54. The summed E-state index contributed by atoms with van der Waals surface area (Å²) in [5, 5.41) is 11.2. The molecule has 3 heterocycles. The highest BCUT2D eigenvalue weighted by Crippen LogP contribution is 2.45. The van der Waals surface area contributed by atoms with E-state index in [1.807, 2.05) is 18.0 Å². The molecule has 1 aliphatic heterocycles. The number of nitriles is 1. The Morgan fingerprint density at radius 3 is 2.76 bits per heavy atom. The van der Waals surface area contributed by atoms with Crippen molar-refractivity contribution in [2.24, 2.45) is 7.05 Å². The molecular weight excluding hydrogens is 426 g/mol. The number of ether oxygens (including phenoxy) is 1. The van der Waals surface area contributed by atoms with Gasteiger partial charge in [-0.3, -0.25) is 4.79 Å². The number of benzene rings is 1. The normalized spacial score (nSPS) is 18.4. The number of fused-ring (bicyclic) bond motifs is 1. The molecule has 0 bridgehead atoms. The second-order valence-electron chi connectivity index (χ2n) is 9.50. The molecule has 1 unspecified atom stereocenters. The van der Waals surface area contributed by atoms with Gasteiger partial charge < -0.3 is 19.1 Å². The Bertz CT molecular complexity index is 1270. The minimum Gasteiger partial charge on any atom is -0.384 e. The number of amides is 1. The number of carbonyl (C=O) groups excluding carboxylic acids is 1. The van der Waals surface area contributed by atoms with Gasteiger partial charge in [-0.1, -0.05) is 6.07 Å². The molecule has 3 aromatic rings. The molecule has 0 N–H and O–H groups in total. The van der Waals surface area contributed by atoms with Crippen molar-refractivity contribution in [1.29, 1.82) is 5.26 Å². The number of nitrogens with zero attached hydrogens (tertiary/aromatic N) is 5. The summed E-state index contributed by atoms with van der Waals surface area (Å²) in [6, 6.07) is 13.1. The Morgan fingerprint density at radius 2 is 2.06 bits per heavy atom. The third-order valence-electron chi connectivity index (χ3n) is 7.08. The first-order chi connectivity index (χ1) is 16.5. The first kappa shape index (κ1) is 22.4. The van der Waals surface area contributed by atoms with Crippen LogP contribution in [0.15, 0.2) is 36.5 Å². The van der Waals surface area contributed by atoms with Crippen LogP contribution in [0.3, 0.4) is 0 Å². The van der Waals surface area contributed by atoms with Gasteiger partial charge in [-0.25, -0.2) is 4.98 Å². The van der Waals surface area contributed by atoms with Gasteiger partial charge in [-0.2, -0.15) is 5.26 Å². The van der Waals surface area contributed by atoms with Crippen LogP contribution in [0.25, 0.3) is 22.0 Å². The lowest BCUT2D eigenvalue weighted by Gasteiger charge is -2.41. The summed E-state index contributed by atoms with van der Waals surface area (Å²) in [5.41, 5.74) is 5.05. The first-order valence-corrected chi connectivity index (χ1v) is 12.0. The Balaban J connectivity index is 1.47. The maximum absolute atomic E-state index is 12.5. The van der Waals surface area contributed by atoms with Gasteiger partial charge in [-0.05, 0) is 49.6 Å². The summed E-state index contributed by atoms with van der Waals surface area (Å²) < 4.78 is 7.18. The third kappa shape index (κ3) is 4.14. The van der Waals surface area contributed by atoms with Crippen molar-refractivity contribution in [3.8, 4) is 17.2 Å². The number of hydrogen-bond acceptors (Lipinski definition) is 5. The maximum Gasteiger partial charge on any atom is 0.225 e. The van der Waals surface area contributed by atoms with Crippen molar-refractivity contribution >= 4 is 22.6 Å². The first-order valence-electron chi connectivity index (χ1n) is 12.0. The topological polar surface area (TPSA) is 74.4 Å². The van der Waals surface area contributed by atoms with E-state index in [4.69, 9.17) is 9.72 Å². The second-order valence-corrected chi connectivity index (χ2v) is 9.50. The van der Waals surface area contributed by atoms with Crippen molar-refractivity contribution in [2.45, 2.75) is 38.1 Å². The van der Waals surface area contributed by atoms with E-state index in [0.29, 0.717) is 44.1 Å². The molecule has 1 aromatic carbocycles. The Morgan fingerprint density at radius 1 is 1.24 bits per heavy atom. The number of aryl methyl sites for hydroxylation is 1. The summed E-state index contributed by atoms with van der Waals surface area (Å²) in [4.78, 5) is 21.8. The molecule has 1 atom stereocenters. The zero-order valence-corrected chi connectivity index (χ0v) is 20.1. The molecule has 2 aromatic heterocycles. The van der Waals surface area contributed by atoms with Crippen molar-refractivity contribution in [3.63, 3.8) is 0 Å². The Hall–Kier alpha value is -3.37. The molecule has 1 aliphatic carbocycles. The maximum atomic E-state index is 12.5. The van der Waals surface area contributed by atoms with Gasteiger partial charge in [0.15, 0.2) is 0 Å². The van der Waals surface area contributed by atoms with E-state index in [-0.39, 0.29) is 11.9 Å². The van der Waals surface area contributed by atoms with Crippen LogP contribution in [0.1, 0.15) is 43.4 Å². The summed E-state index contributed by atoms with van der Waals surface area (Å²) in [5.74, 6) is 1.32. The van der Waals surface area contributed by atoms with Crippen LogP contribution >= 0.6 is 0 Å². The van der Waals surface area contributed by atoms with Crippen molar-refractivity contribution in [2.75, 3.05) is 38.3 Å². The minimum absolute atomic E-state index is 0.0518. The average Bonchev–Trinajstić information content (AvgIpc) is 3.64. The Kier molecular flexibility index (Phi) is 6.01. The van der Waals surface area contributed by atoms with Crippen molar-refractivity contribution in [3.05, 3.63) is 47.8 Å². The molecule has 2 fully saturated rings. The lowest BCUT2D eigenvalue weighted by atomic mass is 9.98. The van der Waals surface area contributed by atoms with Gasteiger partial charge in [0, 0.05) is 68.4 Å². The van der Waals surface area contributed by atoms with Crippen LogP contribution < -0.4 is 4.90 Å². The Labute approximate surface area is 200 Å². The van der Waals surface area contributed by atoms with Gasteiger partial charge >= 0.3 is 0 Å². The van der Waals surface area contributed by atoms with Gasteiger partial charge in [0.05, 0.1) is 24.3 Å². The smallest absolute Gasteiger partial charge is 0.225 e. The quantitative estimate of drug-likeness (QED) is 0.558. The molecule has 7 nitrogen and oxygen atoms in total. The fourth-order valence-corrected chi connectivity index (χ4v) is 5.04. The van der Waals surface area contributed by atoms with E-state index in [2.05, 4.69) is 52.9 Å². The van der Waals surface area contributed by atoms with E-state index >= 15 is 0 Å². The SMILES string of the molecule is COCCC(=O)N1CCN(c2nc(C3CC3)c(-c3ccc4c(ccn4C)c3)cc2C#N)CC1C. The molecule has 1 saturated carbocycles. The number of piperazine rings is 1. The minimum atomic E-state index is 0.0518. The van der Waals surface area contributed by atoms with E-state index in [9.17, 15) is 10.1 Å². The van der Waals surface area contributed by atoms with Crippen molar-refractivity contribution < 1.29 is 9.53 Å². The molecule has 1 amide bonds. The fraction of sp³-hybridized carbons (Fsp3) is 0.444. The van der Waals surface area contributed by atoms with Crippen LogP contribution in [0, 0.1) is 11.3 Å². The number of aromatic nitrogens is 2. The van der Waals surface area contributed by atoms with Crippen LogP contribution in [0.5, 0.6) is 0 Å². The number of methoxy groups -OCH3 is 1. The zero-order chi connectivity index (χ0) is 23.8.